The van der Waals surface area contributed by atoms with Crippen LogP contribution in [-0.2, 0) is 0 Å². The predicted octanol–water partition coefficient (Wildman–Crippen LogP) is 2.95. The zero-order valence-corrected chi connectivity index (χ0v) is 8.48. The van der Waals surface area contributed by atoms with Crippen molar-refractivity contribution in [1.82, 2.24) is 5.65 Å². The van der Waals surface area contributed by atoms with Gasteiger partial charge in [-0.05, 0) is 22.0 Å². The molecule has 1 aromatic rings. The van der Waals surface area contributed by atoms with Crippen molar-refractivity contribution in [3.05, 3.63) is 28.2 Å². The fourth-order valence-corrected chi connectivity index (χ4v) is 1.12. The van der Waals surface area contributed by atoms with Gasteiger partial charge in [0.2, 0.25) is 0 Å². The van der Waals surface area contributed by atoms with Crippen LogP contribution in [0, 0.1) is 11.6 Å². The van der Waals surface area contributed by atoms with Crippen molar-refractivity contribution in [2.75, 3.05) is 5.43 Å². The highest BCUT2D eigenvalue weighted by Crippen LogP contribution is 2.22. The second kappa shape index (κ2) is 5.31. The topological polar surface area (TPSA) is 24.1 Å². The molecule has 0 heterocycles. The predicted molar refractivity (Wildman–Crippen MR) is 49.2 cm³/mol. The Labute approximate surface area is 87.0 Å². The van der Waals surface area contributed by atoms with E-state index in [1.807, 2.05) is 5.43 Å². The Hall–Kier alpha value is -0.460. The van der Waals surface area contributed by atoms with E-state index in [0.29, 0.717) is 0 Å². The zero-order chi connectivity index (χ0) is 9.14. The maximum atomic E-state index is 12.6. The smallest absolute Gasteiger partial charge is 0.173 e. The number of anilines is 1. The van der Waals surface area contributed by atoms with Gasteiger partial charge in [0.15, 0.2) is 11.6 Å². The Morgan fingerprint density at radius 3 is 2.31 bits per heavy atom. The van der Waals surface area contributed by atoms with Gasteiger partial charge in [-0.3, -0.25) is 5.43 Å². The summed E-state index contributed by atoms with van der Waals surface area (Å²) in [5.74, 6) is -2.05. The first kappa shape index (κ1) is 12.5. The van der Waals surface area contributed by atoms with Crippen LogP contribution in [0.5, 0.6) is 0 Å². The third kappa shape index (κ3) is 3.06. The summed E-state index contributed by atoms with van der Waals surface area (Å²) in [6.45, 7) is 0. The first-order valence-electron chi connectivity index (χ1n) is 2.91. The molecule has 74 valence electrons. The van der Waals surface area contributed by atoms with E-state index in [0.717, 1.165) is 11.7 Å². The fraction of sp³-hybridized carbons (Fsp3) is 0. The lowest BCUT2D eigenvalue weighted by Gasteiger charge is -2.03. The standard InChI is InChI=1S/C6H4BrF3N2.ClH/c7-4-1-3(11-12-10)2-5(8)6(4)9;/h1-2,11-12H;1H. The van der Waals surface area contributed by atoms with E-state index in [2.05, 4.69) is 15.9 Å². The molecular formula is C6H5BrClF3N2. The maximum Gasteiger partial charge on any atom is 0.173 e. The molecule has 0 amide bonds. The lowest BCUT2D eigenvalue weighted by molar-refractivity contribution is 0.375. The molecule has 0 aliphatic heterocycles. The third-order valence-electron chi connectivity index (χ3n) is 1.18. The first-order valence-corrected chi connectivity index (χ1v) is 3.70. The summed E-state index contributed by atoms with van der Waals surface area (Å²) in [6.07, 6.45) is 0. The number of hydrogen-bond acceptors (Lipinski definition) is 2. The quantitative estimate of drug-likeness (QED) is 0.493. The minimum atomic E-state index is -1.05. The molecule has 1 rings (SSSR count). The van der Waals surface area contributed by atoms with Crippen LogP contribution < -0.4 is 11.1 Å². The Kier molecular flexibility index (Phi) is 5.12. The van der Waals surface area contributed by atoms with Gasteiger partial charge >= 0.3 is 0 Å². The Bertz CT molecular complexity index is 274. The zero-order valence-electron chi connectivity index (χ0n) is 6.07. The van der Waals surface area contributed by atoms with Crippen molar-refractivity contribution >= 4 is 34.0 Å². The van der Waals surface area contributed by atoms with E-state index in [1.54, 1.807) is 0 Å². The van der Waals surface area contributed by atoms with E-state index in [4.69, 9.17) is 0 Å². The Morgan fingerprint density at radius 2 is 1.85 bits per heavy atom. The van der Waals surface area contributed by atoms with Crippen molar-refractivity contribution in [3.8, 4) is 0 Å². The van der Waals surface area contributed by atoms with Gasteiger partial charge in [-0.15, -0.1) is 16.9 Å². The summed E-state index contributed by atoms with van der Waals surface area (Å²) in [5, 5.41) is 0. The largest absolute Gasteiger partial charge is 0.295 e. The van der Waals surface area contributed by atoms with Crippen LogP contribution in [-0.4, -0.2) is 0 Å². The molecule has 0 aliphatic rings. The summed E-state index contributed by atoms with van der Waals surface area (Å²) in [6, 6.07) is 2.03. The summed E-state index contributed by atoms with van der Waals surface area (Å²) in [4.78, 5) is 0. The molecule has 0 atom stereocenters. The molecule has 0 bridgehead atoms. The molecule has 0 saturated carbocycles. The van der Waals surface area contributed by atoms with Crippen molar-refractivity contribution < 1.29 is 13.3 Å². The molecule has 0 unspecified atom stereocenters. The number of halogens is 5. The summed E-state index contributed by atoms with van der Waals surface area (Å²) in [5.41, 5.74) is 3.15. The van der Waals surface area contributed by atoms with E-state index in [9.17, 15) is 13.3 Å². The molecule has 2 nitrogen and oxygen atoms in total. The van der Waals surface area contributed by atoms with Crippen molar-refractivity contribution in [3.63, 3.8) is 0 Å². The van der Waals surface area contributed by atoms with Gasteiger partial charge in [0.05, 0.1) is 10.2 Å². The van der Waals surface area contributed by atoms with Crippen LogP contribution in [0.25, 0.3) is 0 Å². The number of hydrogen-bond donors (Lipinski definition) is 2. The van der Waals surface area contributed by atoms with E-state index in [1.165, 1.54) is 6.07 Å². The number of rotatable bonds is 2. The third-order valence-corrected chi connectivity index (χ3v) is 1.75. The summed E-state index contributed by atoms with van der Waals surface area (Å²) in [7, 11) is 0. The van der Waals surface area contributed by atoms with Gasteiger partial charge < -0.3 is 0 Å². The SMILES string of the molecule is Cl.FNNc1cc(F)c(F)c(Br)c1. The van der Waals surface area contributed by atoms with Crippen molar-refractivity contribution in [2.24, 2.45) is 0 Å². The Balaban J connectivity index is 0.00000144. The first-order chi connectivity index (χ1) is 5.65. The highest BCUT2D eigenvalue weighted by Gasteiger charge is 2.07. The second-order valence-corrected chi connectivity index (χ2v) is 2.83. The number of benzene rings is 1. The van der Waals surface area contributed by atoms with Crippen LogP contribution in [0.3, 0.4) is 0 Å². The van der Waals surface area contributed by atoms with Gasteiger partial charge in [-0.25, -0.2) is 8.78 Å². The van der Waals surface area contributed by atoms with Gasteiger partial charge in [0.1, 0.15) is 0 Å². The number of nitrogens with one attached hydrogen (secondary N) is 2. The minimum absolute atomic E-state index is 0. The molecule has 0 fully saturated rings. The molecule has 13 heavy (non-hydrogen) atoms. The average molecular weight is 277 g/mol. The molecular weight excluding hydrogens is 272 g/mol. The molecule has 0 saturated heterocycles. The van der Waals surface area contributed by atoms with Crippen molar-refractivity contribution in [1.29, 1.82) is 0 Å². The second-order valence-electron chi connectivity index (χ2n) is 1.97. The van der Waals surface area contributed by atoms with Crippen molar-refractivity contribution in [2.45, 2.75) is 0 Å². The van der Waals surface area contributed by atoms with E-state index < -0.39 is 11.6 Å². The molecule has 0 aliphatic carbocycles. The Morgan fingerprint density at radius 1 is 1.23 bits per heavy atom. The summed E-state index contributed by atoms with van der Waals surface area (Å²) >= 11 is 2.76. The van der Waals surface area contributed by atoms with E-state index in [-0.39, 0.29) is 22.6 Å². The molecule has 7 heteroatoms. The lowest BCUT2D eigenvalue weighted by Crippen LogP contribution is -2.10. The number of hydrazine groups is 1. The van der Waals surface area contributed by atoms with Crippen LogP contribution in [0.1, 0.15) is 0 Å². The van der Waals surface area contributed by atoms with Crippen LogP contribution in [0.4, 0.5) is 18.9 Å². The monoisotopic (exact) mass is 276 g/mol. The molecule has 0 spiro atoms. The highest BCUT2D eigenvalue weighted by atomic mass is 79.9. The maximum absolute atomic E-state index is 12.6. The average Bonchev–Trinajstić information content (AvgIpc) is 2.01. The normalized spacial score (nSPS) is 9.23. The van der Waals surface area contributed by atoms with E-state index >= 15 is 0 Å². The fourth-order valence-electron chi connectivity index (χ4n) is 0.682. The van der Waals surface area contributed by atoms with Gasteiger partial charge in [0.25, 0.3) is 0 Å². The van der Waals surface area contributed by atoms with Gasteiger partial charge in [-0.1, -0.05) is 5.65 Å². The molecule has 0 aromatic heterocycles. The highest BCUT2D eigenvalue weighted by molar-refractivity contribution is 9.10. The van der Waals surface area contributed by atoms with Crippen LogP contribution in [0.15, 0.2) is 16.6 Å². The molecule has 0 radical (unpaired) electrons. The van der Waals surface area contributed by atoms with Crippen LogP contribution in [0.2, 0.25) is 0 Å². The minimum Gasteiger partial charge on any atom is -0.295 e. The lowest BCUT2D eigenvalue weighted by atomic mass is 10.3. The van der Waals surface area contributed by atoms with Gasteiger partial charge in [-0.2, -0.15) is 0 Å². The molecule has 2 N–H and O–H groups in total. The van der Waals surface area contributed by atoms with Crippen LogP contribution >= 0.6 is 28.3 Å². The van der Waals surface area contributed by atoms with Gasteiger partial charge in [0, 0.05) is 6.07 Å². The summed E-state index contributed by atoms with van der Waals surface area (Å²) < 4.78 is 36.5. The molecule has 1 aromatic carbocycles.